The van der Waals surface area contributed by atoms with Gasteiger partial charge in [0, 0.05) is 22.9 Å². The molecule has 2 atom stereocenters. The van der Waals surface area contributed by atoms with Gasteiger partial charge in [-0.3, -0.25) is 0 Å². The van der Waals surface area contributed by atoms with Crippen LogP contribution in [-0.2, 0) is 6.42 Å². The molecule has 2 nitrogen and oxygen atoms in total. The molecule has 1 N–H and O–H groups in total. The van der Waals surface area contributed by atoms with Crippen molar-refractivity contribution in [3.05, 3.63) is 40.2 Å². The minimum atomic E-state index is 0.717. The van der Waals surface area contributed by atoms with E-state index in [0.717, 1.165) is 31.3 Å². The average molecular weight is 300 g/mol. The van der Waals surface area contributed by atoms with E-state index < -0.39 is 0 Å². The lowest BCUT2D eigenvalue weighted by Gasteiger charge is -2.04. The van der Waals surface area contributed by atoms with Gasteiger partial charge in [-0.25, -0.2) is 4.98 Å². The van der Waals surface area contributed by atoms with Crippen molar-refractivity contribution in [3.63, 3.8) is 0 Å². The van der Waals surface area contributed by atoms with E-state index in [1.807, 2.05) is 11.3 Å². The van der Waals surface area contributed by atoms with Gasteiger partial charge in [0.25, 0.3) is 0 Å². The highest BCUT2D eigenvalue weighted by Gasteiger charge is 2.37. The number of hydrogen-bond acceptors (Lipinski definition) is 3. The number of benzene rings is 1. The maximum Gasteiger partial charge on any atom is 0.0969 e. The van der Waals surface area contributed by atoms with Crippen molar-refractivity contribution in [1.29, 1.82) is 0 Å². The van der Waals surface area contributed by atoms with Gasteiger partial charge in [-0.1, -0.05) is 44.2 Å². The number of thiazole rings is 1. The summed E-state index contributed by atoms with van der Waals surface area (Å²) in [5.74, 6) is 1.54. The van der Waals surface area contributed by atoms with Crippen molar-refractivity contribution in [2.24, 2.45) is 5.92 Å². The average Bonchev–Trinajstić information content (AvgIpc) is 3.10. The summed E-state index contributed by atoms with van der Waals surface area (Å²) in [6.07, 6.45) is 3.59. The summed E-state index contributed by atoms with van der Waals surface area (Å²) in [7, 11) is 0. The SMILES string of the molecule is CCCNCCc1sc(C2CC2C)nc1-c1ccccc1. The largest absolute Gasteiger partial charge is 0.316 e. The Hall–Kier alpha value is -1.19. The van der Waals surface area contributed by atoms with E-state index in [2.05, 4.69) is 49.5 Å². The first-order valence-corrected chi connectivity index (χ1v) is 8.87. The van der Waals surface area contributed by atoms with Crippen LogP contribution in [0.2, 0.25) is 0 Å². The predicted molar refractivity (Wildman–Crippen MR) is 90.9 cm³/mol. The third-order valence-corrected chi connectivity index (χ3v) is 5.39. The van der Waals surface area contributed by atoms with Gasteiger partial charge >= 0.3 is 0 Å². The maximum absolute atomic E-state index is 4.98. The fraction of sp³-hybridized carbons (Fsp3) is 0.500. The van der Waals surface area contributed by atoms with Crippen LogP contribution < -0.4 is 5.32 Å². The third kappa shape index (κ3) is 3.53. The smallest absolute Gasteiger partial charge is 0.0969 e. The van der Waals surface area contributed by atoms with E-state index in [1.54, 1.807) is 0 Å². The lowest BCUT2D eigenvalue weighted by atomic mass is 10.1. The van der Waals surface area contributed by atoms with Gasteiger partial charge in [0.15, 0.2) is 0 Å². The second kappa shape index (κ2) is 6.71. The molecule has 2 unspecified atom stereocenters. The first kappa shape index (κ1) is 14.7. The Bertz CT molecular complexity index is 576. The summed E-state index contributed by atoms with van der Waals surface area (Å²) in [4.78, 5) is 6.43. The molecular weight excluding hydrogens is 276 g/mol. The van der Waals surface area contributed by atoms with Gasteiger partial charge in [-0.15, -0.1) is 11.3 Å². The van der Waals surface area contributed by atoms with E-state index >= 15 is 0 Å². The van der Waals surface area contributed by atoms with Crippen molar-refractivity contribution in [2.75, 3.05) is 13.1 Å². The molecule has 21 heavy (non-hydrogen) atoms. The zero-order valence-corrected chi connectivity index (χ0v) is 13.7. The summed E-state index contributed by atoms with van der Waals surface area (Å²) < 4.78 is 0. The molecular formula is C18H24N2S. The van der Waals surface area contributed by atoms with Gasteiger partial charge < -0.3 is 5.32 Å². The molecule has 0 aliphatic heterocycles. The molecule has 1 aromatic heterocycles. The van der Waals surface area contributed by atoms with E-state index in [9.17, 15) is 0 Å². The Balaban J connectivity index is 1.80. The molecule has 0 amide bonds. The fourth-order valence-corrected chi connectivity index (χ4v) is 4.02. The molecule has 1 heterocycles. The molecule has 0 bridgehead atoms. The highest BCUT2D eigenvalue weighted by Crippen LogP contribution is 2.49. The molecule has 1 aliphatic carbocycles. The molecule has 112 valence electrons. The van der Waals surface area contributed by atoms with Crippen molar-refractivity contribution >= 4 is 11.3 Å². The summed E-state index contributed by atoms with van der Waals surface area (Å²) in [5, 5.41) is 4.86. The van der Waals surface area contributed by atoms with Crippen molar-refractivity contribution in [2.45, 2.75) is 39.0 Å². The second-order valence-corrected chi connectivity index (χ2v) is 7.12. The van der Waals surface area contributed by atoms with Crippen LogP contribution in [0.4, 0.5) is 0 Å². The first-order valence-electron chi connectivity index (χ1n) is 8.05. The van der Waals surface area contributed by atoms with E-state index in [-0.39, 0.29) is 0 Å². The second-order valence-electron chi connectivity index (χ2n) is 6.01. The molecule has 0 spiro atoms. The summed E-state index contributed by atoms with van der Waals surface area (Å²) >= 11 is 1.94. The number of nitrogens with one attached hydrogen (secondary N) is 1. The molecule has 1 fully saturated rings. The van der Waals surface area contributed by atoms with Crippen LogP contribution >= 0.6 is 11.3 Å². The monoisotopic (exact) mass is 300 g/mol. The van der Waals surface area contributed by atoms with Crippen LogP contribution in [0.3, 0.4) is 0 Å². The number of hydrogen-bond donors (Lipinski definition) is 1. The quantitative estimate of drug-likeness (QED) is 0.763. The zero-order chi connectivity index (χ0) is 14.7. The molecule has 1 aromatic carbocycles. The van der Waals surface area contributed by atoms with Crippen LogP contribution in [0.25, 0.3) is 11.3 Å². The minimum Gasteiger partial charge on any atom is -0.316 e. The van der Waals surface area contributed by atoms with E-state index in [0.29, 0.717) is 0 Å². The highest BCUT2D eigenvalue weighted by atomic mass is 32.1. The lowest BCUT2D eigenvalue weighted by molar-refractivity contribution is 0.674. The Morgan fingerprint density at radius 2 is 2.00 bits per heavy atom. The highest BCUT2D eigenvalue weighted by molar-refractivity contribution is 7.12. The van der Waals surface area contributed by atoms with E-state index in [1.165, 1.54) is 34.0 Å². The molecule has 0 radical (unpaired) electrons. The summed E-state index contributed by atoms with van der Waals surface area (Å²) in [6.45, 7) is 6.69. The molecule has 1 aliphatic rings. The Kier molecular flexibility index (Phi) is 4.71. The summed E-state index contributed by atoms with van der Waals surface area (Å²) in [5.41, 5.74) is 2.48. The minimum absolute atomic E-state index is 0.717. The zero-order valence-electron chi connectivity index (χ0n) is 12.9. The molecule has 3 rings (SSSR count). The fourth-order valence-electron chi connectivity index (χ4n) is 2.69. The molecule has 1 saturated carbocycles. The Labute approximate surface area is 131 Å². The number of aromatic nitrogens is 1. The van der Waals surface area contributed by atoms with Gasteiger partial charge in [0.05, 0.1) is 10.7 Å². The Morgan fingerprint density at radius 3 is 2.67 bits per heavy atom. The van der Waals surface area contributed by atoms with Gasteiger partial charge in [-0.2, -0.15) is 0 Å². The van der Waals surface area contributed by atoms with Gasteiger partial charge in [0.1, 0.15) is 0 Å². The molecule has 2 aromatic rings. The topological polar surface area (TPSA) is 24.9 Å². The van der Waals surface area contributed by atoms with Crippen LogP contribution in [0.15, 0.2) is 30.3 Å². The number of rotatable bonds is 7. The van der Waals surface area contributed by atoms with Crippen molar-refractivity contribution in [3.8, 4) is 11.3 Å². The Morgan fingerprint density at radius 1 is 1.24 bits per heavy atom. The molecule has 3 heteroatoms. The molecule has 0 saturated heterocycles. The van der Waals surface area contributed by atoms with Crippen LogP contribution in [0.5, 0.6) is 0 Å². The predicted octanol–water partition coefficient (Wildman–Crippen LogP) is 4.48. The van der Waals surface area contributed by atoms with Gasteiger partial charge in [-0.05, 0) is 31.7 Å². The normalized spacial score (nSPS) is 20.7. The van der Waals surface area contributed by atoms with E-state index in [4.69, 9.17) is 4.98 Å². The first-order chi connectivity index (χ1) is 10.3. The summed E-state index contributed by atoms with van der Waals surface area (Å²) in [6, 6.07) is 10.6. The van der Waals surface area contributed by atoms with Crippen LogP contribution in [-0.4, -0.2) is 18.1 Å². The standard InChI is InChI=1S/C18H24N2S/c1-3-10-19-11-9-16-17(14-7-5-4-6-8-14)20-18(21-16)15-12-13(15)2/h4-8,13,15,19H,3,9-12H2,1-2H3. The maximum atomic E-state index is 4.98. The van der Waals surface area contributed by atoms with Crippen molar-refractivity contribution in [1.82, 2.24) is 10.3 Å². The van der Waals surface area contributed by atoms with Crippen molar-refractivity contribution < 1.29 is 0 Å². The third-order valence-electron chi connectivity index (χ3n) is 4.14. The van der Waals surface area contributed by atoms with Crippen LogP contribution in [0.1, 0.15) is 42.5 Å². The lowest BCUT2D eigenvalue weighted by Crippen LogP contribution is -2.17. The number of nitrogens with zero attached hydrogens (tertiary/aromatic N) is 1. The van der Waals surface area contributed by atoms with Crippen LogP contribution in [0, 0.1) is 5.92 Å². The van der Waals surface area contributed by atoms with Gasteiger partial charge in [0.2, 0.25) is 0 Å².